The summed E-state index contributed by atoms with van der Waals surface area (Å²) in [6, 6.07) is 0. The smallest absolute Gasteiger partial charge is 0.306 e. The van der Waals surface area contributed by atoms with Crippen molar-refractivity contribution in [3.8, 4) is 0 Å². The third-order valence-corrected chi connectivity index (χ3v) is 8.72. The van der Waals surface area contributed by atoms with Gasteiger partial charge in [-0.25, -0.2) is 0 Å². The number of hydrogen-bond donors (Lipinski definition) is 0. The van der Waals surface area contributed by atoms with Crippen LogP contribution < -0.4 is 0 Å². The summed E-state index contributed by atoms with van der Waals surface area (Å²) in [7, 11) is 0. The van der Waals surface area contributed by atoms with Gasteiger partial charge in [-0.2, -0.15) is 0 Å². The maximum Gasteiger partial charge on any atom is 0.306 e. The molecule has 1 atom stereocenters. The Balaban J connectivity index is 4.37. The Hall–Kier alpha value is -2.11. The minimum Gasteiger partial charge on any atom is -0.462 e. The van der Waals surface area contributed by atoms with Gasteiger partial charge in [-0.05, 0) is 44.9 Å². The molecule has 6 nitrogen and oxygen atoms in total. The molecule has 0 aromatic carbocycles. The molecule has 280 valence electrons. The van der Waals surface area contributed by atoms with Crippen molar-refractivity contribution in [1.82, 2.24) is 0 Å². The van der Waals surface area contributed by atoms with E-state index in [1.807, 2.05) is 0 Å². The molecule has 0 aliphatic carbocycles. The summed E-state index contributed by atoms with van der Waals surface area (Å²) in [5.74, 6) is -0.922. The van der Waals surface area contributed by atoms with E-state index in [4.69, 9.17) is 14.2 Å². The SMILES string of the molecule is CC/C=C\C/C=C\CCCCC(=O)OC(COC(=O)CCCCCCCCCCC)COC(=O)CCCCCCCCCCCCCC. The first-order chi connectivity index (χ1) is 23.5. The van der Waals surface area contributed by atoms with E-state index in [1.165, 1.54) is 96.3 Å². The third-order valence-electron chi connectivity index (χ3n) is 8.72. The molecule has 0 rings (SSSR count). The summed E-state index contributed by atoms with van der Waals surface area (Å²) < 4.78 is 16.6. The van der Waals surface area contributed by atoms with Crippen molar-refractivity contribution in [3.05, 3.63) is 24.3 Å². The maximum atomic E-state index is 12.6. The molecule has 0 fully saturated rings. The second-order valence-electron chi connectivity index (χ2n) is 13.5. The Morgan fingerprint density at radius 3 is 1.25 bits per heavy atom. The zero-order valence-corrected chi connectivity index (χ0v) is 31.8. The van der Waals surface area contributed by atoms with Crippen LogP contribution in [0.4, 0.5) is 0 Å². The zero-order chi connectivity index (χ0) is 35.2. The minimum atomic E-state index is -0.777. The number of allylic oxidation sites excluding steroid dienone is 4. The number of carbonyl (C=O) groups excluding carboxylic acids is 3. The Kier molecular flexibility index (Phi) is 36.0. The molecule has 0 aromatic rings. The Morgan fingerprint density at radius 1 is 0.438 bits per heavy atom. The number of hydrogen-bond acceptors (Lipinski definition) is 6. The minimum absolute atomic E-state index is 0.0812. The molecule has 0 heterocycles. The van der Waals surface area contributed by atoms with E-state index in [0.29, 0.717) is 19.3 Å². The van der Waals surface area contributed by atoms with Crippen molar-refractivity contribution >= 4 is 17.9 Å². The first kappa shape index (κ1) is 45.9. The molecule has 0 N–H and O–H groups in total. The van der Waals surface area contributed by atoms with E-state index in [0.717, 1.165) is 70.6 Å². The number of ether oxygens (including phenoxy) is 3. The molecule has 0 saturated carbocycles. The lowest BCUT2D eigenvalue weighted by molar-refractivity contribution is -0.167. The van der Waals surface area contributed by atoms with Crippen molar-refractivity contribution in [2.75, 3.05) is 13.2 Å². The fourth-order valence-electron chi connectivity index (χ4n) is 5.65. The van der Waals surface area contributed by atoms with Gasteiger partial charge in [-0.1, -0.05) is 167 Å². The first-order valence-electron chi connectivity index (χ1n) is 20.3. The maximum absolute atomic E-state index is 12.6. The van der Waals surface area contributed by atoms with Crippen molar-refractivity contribution in [2.45, 2.75) is 213 Å². The van der Waals surface area contributed by atoms with E-state index >= 15 is 0 Å². The van der Waals surface area contributed by atoms with Crippen LogP contribution in [0.5, 0.6) is 0 Å². The van der Waals surface area contributed by atoms with Crippen LogP contribution >= 0.6 is 0 Å². The summed E-state index contributed by atoms with van der Waals surface area (Å²) in [4.78, 5) is 37.4. The Bertz CT molecular complexity index is 789. The van der Waals surface area contributed by atoms with Crippen LogP contribution in [0.15, 0.2) is 24.3 Å². The molecule has 0 amide bonds. The molecule has 0 spiro atoms. The van der Waals surface area contributed by atoms with Gasteiger partial charge in [0, 0.05) is 19.3 Å². The fourth-order valence-corrected chi connectivity index (χ4v) is 5.65. The van der Waals surface area contributed by atoms with Crippen LogP contribution in [0, 0.1) is 0 Å². The molecule has 48 heavy (non-hydrogen) atoms. The molecule has 0 saturated heterocycles. The summed E-state index contributed by atoms with van der Waals surface area (Å²) in [6.45, 7) is 6.44. The monoisotopic (exact) mass is 677 g/mol. The van der Waals surface area contributed by atoms with Gasteiger partial charge in [0.2, 0.25) is 0 Å². The largest absolute Gasteiger partial charge is 0.462 e. The van der Waals surface area contributed by atoms with E-state index in [-0.39, 0.29) is 31.1 Å². The van der Waals surface area contributed by atoms with Gasteiger partial charge in [-0.3, -0.25) is 14.4 Å². The molecule has 6 heteroatoms. The zero-order valence-electron chi connectivity index (χ0n) is 31.8. The van der Waals surface area contributed by atoms with Gasteiger partial charge >= 0.3 is 17.9 Å². The number of rotatable bonds is 36. The Labute approximate surface area is 296 Å². The summed E-state index contributed by atoms with van der Waals surface area (Å²) in [5.41, 5.74) is 0. The quantitative estimate of drug-likeness (QED) is 0.0284. The summed E-state index contributed by atoms with van der Waals surface area (Å²) >= 11 is 0. The van der Waals surface area contributed by atoms with Crippen molar-refractivity contribution < 1.29 is 28.6 Å². The lowest BCUT2D eigenvalue weighted by Gasteiger charge is -2.18. The van der Waals surface area contributed by atoms with Gasteiger partial charge in [0.1, 0.15) is 13.2 Å². The highest BCUT2D eigenvalue weighted by Crippen LogP contribution is 2.14. The highest BCUT2D eigenvalue weighted by Gasteiger charge is 2.19. The predicted molar refractivity (Wildman–Crippen MR) is 201 cm³/mol. The molecule has 0 bridgehead atoms. The van der Waals surface area contributed by atoms with Gasteiger partial charge in [0.25, 0.3) is 0 Å². The predicted octanol–water partition coefficient (Wildman–Crippen LogP) is 12.5. The van der Waals surface area contributed by atoms with E-state index < -0.39 is 6.10 Å². The van der Waals surface area contributed by atoms with E-state index in [1.54, 1.807) is 0 Å². The van der Waals surface area contributed by atoms with Gasteiger partial charge in [0.05, 0.1) is 0 Å². The number of unbranched alkanes of at least 4 members (excludes halogenated alkanes) is 21. The second kappa shape index (κ2) is 37.7. The van der Waals surface area contributed by atoms with Crippen LogP contribution in [0.3, 0.4) is 0 Å². The van der Waals surface area contributed by atoms with Crippen LogP contribution in [-0.4, -0.2) is 37.2 Å². The third kappa shape index (κ3) is 35.2. The average Bonchev–Trinajstić information content (AvgIpc) is 3.08. The van der Waals surface area contributed by atoms with Crippen molar-refractivity contribution in [1.29, 1.82) is 0 Å². The molecule has 0 aliphatic heterocycles. The molecular formula is C42H76O6. The fraction of sp³-hybridized carbons (Fsp3) is 0.833. The normalized spacial score (nSPS) is 12.1. The molecule has 1 unspecified atom stereocenters. The van der Waals surface area contributed by atoms with Gasteiger partial charge in [0.15, 0.2) is 6.10 Å². The molecule has 0 aliphatic rings. The molecule has 0 aromatic heterocycles. The summed E-state index contributed by atoms with van der Waals surface area (Å²) in [6.07, 6.45) is 38.9. The van der Waals surface area contributed by atoms with Crippen LogP contribution in [0.1, 0.15) is 207 Å². The van der Waals surface area contributed by atoms with Crippen molar-refractivity contribution in [2.24, 2.45) is 0 Å². The highest BCUT2D eigenvalue weighted by atomic mass is 16.6. The standard InChI is InChI=1S/C42H76O6/c1-4-7-10-13-16-19-20-21-24-26-29-32-35-41(44)47-38-39(48-42(45)36-33-30-27-23-18-15-12-9-6-3)37-46-40(43)34-31-28-25-22-17-14-11-8-5-2/h9,12,18,23,39H,4-8,10-11,13-17,19-22,24-38H2,1-3H3/b12-9-,23-18-. The van der Waals surface area contributed by atoms with Crippen molar-refractivity contribution in [3.63, 3.8) is 0 Å². The lowest BCUT2D eigenvalue weighted by atomic mass is 10.0. The second-order valence-corrected chi connectivity index (χ2v) is 13.5. The Morgan fingerprint density at radius 2 is 0.812 bits per heavy atom. The number of esters is 3. The summed E-state index contributed by atoms with van der Waals surface area (Å²) in [5, 5.41) is 0. The first-order valence-corrected chi connectivity index (χ1v) is 20.3. The van der Waals surface area contributed by atoms with Crippen LogP contribution in [0.25, 0.3) is 0 Å². The molecular weight excluding hydrogens is 600 g/mol. The van der Waals surface area contributed by atoms with Gasteiger partial charge < -0.3 is 14.2 Å². The van der Waals surface area contributed by atoms with Crippen LogP contribution in [0.2, 0.25) is 0 Å². The van der Waals surface area contributed by atoms with Gasteiger partial charge in [-0.15, -0.1) is 0 Å². The van der Waals surface area contributed by atoms with Crippen LogP contribution in [-0.2, 0) is 28.6 Å². The molecule has 0 radical (unpaired) electrons. The highest BCUT2D eigenvalue weighted by molar-refractivity contribution is 5.71. The lowest BCUT2D eigenvalue weighted by Crippen LogP contribution is -2.30. The van der Waals surface area contributed by atoms with E-state index in [2.05, 4.69) is 45.1 Å². The average molecular weight is 677 g/mol. The topological polar surface area (TPSA) is 78.9 Å². The number of carbonyl (C=O) groups is 3. The van der Waals surface area contributed by atoms with E-state index in [9.17, 15) is 14.4 Å².